The number of nitrogens with one attached hydrogen (secondary N) is 2. The number of rotatable bonds is 7. The van der Waals surface area contributed by atoms with Gasteiger partial charge in [-0.1, -0.05) is 19.1 Å². The molecule has 1 aliphatic rings. The number of aliphatic imine (C=N–C) groups is 1. The second-order valence-electron chi connectivity index (χ2n) is 7.27. The SMILES string of the molecule is CCNC(=NCc1ccc(C)cc1SC)NCCC(=O)N1CCCC(C)C1.I. The van der Waals surface area contributed by atoms with E-state index in [1.165, 1.54) is 22.4 Å². The number of likely N-dealkylation sites (tertiary alicyclic amines) is 1. The Bertz CT molecular complexity index is 653. The van der Waals surface area contributed by atoms with Gasteiger partial charge in [-0.2, -0.15) is 0 Å². The van der Waals surface area contributed by atoms with Gasteiger partial charge in [0.2, 0.25) is 5.91 Å². The molecule has 0 saturated carbocycles. The van der Waals surface area contributed by atoms with Gasteiger partial charge >= 0.3 is 0 Å². The van der Waals surface area contributed by atoms with E-state index in [9.17, 15) is 4.79 Å². The molecule has 7 heteroatoms. The van der Waals surface area contributed by atoms with E-state index in [0.717, 1.165) is 32.0 Å². The van der Waals surface area contributed by atoms with Crippen LogP contribution < -0.4 is 10.6 Å². The van der Waals surface area contributed by atoms with E-state index < -0.39 is 0 Å². The number of amides is 1. The van der Waals surface area contributed by atoms with Crippen LogP contribution in [0.1, 0.15) is 44.2 Å². The van der Waals surface area contributed by atoms with Crippen LogP contribution in [0.2, 0.25) is 0 Å². The summed E-state index contributed by atoms with van der Waals surface area (Å²) < 4.78 is 0. The molecule has 1 heterocycles. The van der Waals surface area contributed by atoms with E-state index in [4.69, 9.17) is 4.99 Å². The molecule has 0 aliphatic carbocycles. The first kappa shape index (κ1) is 25.1. The summed E-state index contributed by atoms with van der Waals surface area (Å²) in [6.07, 6.45) is 4.96. The quantitative estimate of drug-likeness (QED) is 0.248. The number of piperidine rings is 1. The van der Waals surface area contributed by atoms with Crippen LogP contribution >= 0.6 is 35.7 Å². The van der Waals surface area contributed by atoms with Crippen LogP contribution in [0, 0.1) is 12.8 Å². The van der Waals surface area contributed by atoms with Crippen molar-refractivity contribution in [3.05, 3.63) is 29.3 Å². The number of benzene rings is 1. The molecule has 2 N–H and O–H groups in total. The fourth-order valence-electron chi connectivity index (χ4n) is 3.35. The van der Waals surface area contributed by atoms with Gasteiger partial charge in [0.15, 0.2) is 5.96 Å². The Hall–Kier alpha value is -0.960. The molecule has 1 atom stereocenters. The van der Waals surface area contributed by atoms with Crippen molar-refractivity contribution in [2.75, 3.05) is 32.4 Å². The standard InChI is InChI=1S/C21H34N4OS.HI/c1-5-22-21(24-14-18-9-8-16(2)13-19(18)27-4)23-11-10-20(26)25-12-6-7-17(3)15-25;/h8-9,13,17H,5-7,10-12,14-15H2,1-4H3,(H2,22,23,24);1H. The van der Waals surface area contributed by atoms with Crippen LogP contribution in [0.25, 0.3) is 0 Å². The molecule has 1 fully saturated rings. The first-order chi connectivity index (χ1) is 13.0. The monoisotopic (exact) mass is 518 g/mol. The average Bonchev–Trinajstić information content (AvgIpc) is 2.66. The Labute approximate surface area is 191 Å². The lowest BCUT2D eigenvalue weighted by molar-refractivity contribution is -0.132. The van der Waals surface area contributed by atoms with Crippen molar-refractivity contribution in [2.24, 2.45) is 10.9 Å². The minimum atomic E-state index is 0. The molecule has 0 bridgehead atoms. The average molecular weight is 519 g/mol. The van der Waals surface area contributed by atoms with Crippen LogP contribution in [0.3, 0.4) is 0 Å². The van der Waals surface area contributed by atoms with Crippen molar-refractivity contribution in [1.29, 1.82) is 0 Å². The van der Waals surface area contributed by atoms with E-state index in [-0.39, 0.29) is 29.9 Å². The Morgan fingerprint density at radius 2 is 2.14 bits per heavy atom. The number of halogens is 1. The summed E-state index contributed by atoms with van der Waals surface area (Å²) in [7, 11) is 0. The van der Waals surface area contributed by atoms with Crippen molar-refractivity contribution in [1.82, 2.24) is 15.5 Å². The molecular formula is C21H35IN4OS. The minimum absolute atomic E-state index is 0. The van der Waals surface area contributed by atoms with Crippen molar-refractivity contribution < 1.29 is 4.79 Å². The van der Waals surface area contributed by atoms with Crippen molar-refractivity contribution >= 4 is 47.6 Å². The largest absolute Gasteiger partial charge is 0.357 e. The van der Waals surface area contributed by atoms with Gasteiger partial charge in [-0.05, 0) is 56.1 Å². The highest BCUT2D eigenvalue weighted by atomic mass is 127. The first-order valence-electron chi connectivity index (χ1n) is 9.97. The Morgan fingerprint density at radius 3 is 2.82 bits per heavy atom. The molecule has 1 amide bonds. The zero-order valence-electron chi connectivity index (χ0n) is 17.6. The first-order valence-corrected chi connectivity index (χ1v) is 11.2. The van der Waals surface area contributed by atoms with Gasteiger partial charge in [-0.3, -0.25) is 4.79 Å². The number of carbonyl (C=O) groups is 1. The third kappa shape index (κ3) is 8.19. The van der Waals surface area contributed by atoms with E-state index >= 15 is 0 Å². The maximum Gasteiger partial charge on any atom is 0.224 e. The number of guanidine groups is 1. The summed E-state index contributed by atoms with van der Waals surface area (Å²) in [5, 5.41) is 6.57. The van der Waals surface area contributed by atoms with Gasteiger partial charge in [-0.15, -0.1) is 35.7 Å². The lowest BCUT2D eigenvalue weighted by Gasteiger charge is -2.31. The third-order valence-corrected chi connectivity index (χ3v) is 5.66. The van der Waals surface area contributed by atoms with Crippen LogP contribution in [0.15, 0.2) is 28.1 Å². The molecule has 0 radical (unpaired) electrons. The molecular weight excluding hydrogens is 483 g/mol. The number of nitrogens with zero attached hydrogens (tertiary/aromatic N) is 2. The predicted molar refractivity (Wildman–Crippen MR) is 131 cm³/mol. The minimum Gasteiger partial charge on any atom is -0.357 e. The summed E-state index contributed by atoms with van der Waals surface area (Å²) in [5.74, 6) is 1.63. The molecule has 1 aromatic carbocycles. The van der Waals surface area contributed by atoms with E-state index in [0.29, 0.717) is 25.4 Å². The van der Waals surface area contributed by atoms with E-state index in [1.807, 2.05) is 4.90 Å². The van der Waals surface area contributed by atoms with E-state index in [1.54, 1.807) is 11.8 Å². The highest BCUT2D eigenvalue weighted by Gasteiger charge is 2.20. The van der Waals surface area contributed by atoms with Crippen LogP contribution in [0.4, 0.5) is 0 Å². The number of hydrogen-bond donors (Lipinski definition) is 2. The summed E-state index contributed by atoms with van der Waals surface area (Å²) in [6.45, 7) is 10.2. The molecule has 1 unspecified atom stereocenters. The lowest BCUT2D eigenvalue weighted by atomic mass is 10.00. The molecule has 1 saturated heterocycles. The Balaban J connectivity index is 0.00000392. The zero-order valence-corrected chi connectivity index (χ0v) is 20.7. The van der Waals surface area contributed by atoms with Crippen molar-refractivity contribution in [3.63, 3.8) is 0 Å². The highest BCUT2D eigenvalue weighted by Crippen LogP contribution is 2.22. The molecule has 158 valence electrons. The second-order valence-corrected chi connectivity index (χ2v) is 8.12. The predicted octanol–water partition coefficient (Wildman–Crippen LogP) is 4.04. The van der Waals surface area contributed by atoms with Gasteiger partial charge in [0.1, 0.15) is 0 Å². The number of carbonyl (C=O) groups excluding carboxylic acids is 1. The van der Waals surface area contributed by atoms with Gasteiger partial charge < -0.3 is 15.5 Å². The smallest absolute Gasteiger partial charge is 0.224 e. The molecule has 0 aromatic heterocycles. The molecule has 5 nitrogen and oxygen atoms in total. The summed E-state index contributed by atoms with van der Waals surface area (Å²) >= 11 is 1.75. The zero-order chi connectivity index (χ0) is 19.6. The molecule has 28 heavy (non-hydrogen) atoms. The normalized spacial score (nSPS) is 17.1. The van der Waals surface area contributed by atoms with Crippen molar-refractivity contribution in [2.45, 2.75) is 51.5 Å². The summed E-state index contributed by atoms with van der Waals surface area (Å²) in [5.41, 5.74) is 2.49. The summed E-state index contributed by atoms with van der Waals surface area (Å²) in [6, 6.07) is 6.48. The Morgan fingerprint density at radius 1 is 1.36 bits per heavy atom. The van der Waals surface area contributed by atoms with Crippen LogP contribution in [-0.4, -0.2) is 49.2 Å². The van der Waals surface area contributed by atoms with E-state index in [2.05, 4.69) is 55.9 Å². The topological polar surface area (TPSA) is 56.7 Å². The lowest BCUT2D eigenvalue weighted by Crippen LogP contribution is -2.42. The Kier molecular flexibility index (Phi) is 11.9. The van der Waals surface area contributed by atoms with Gasteiger partial charge in [0, 0.05) is 37.5 Å². The molecule has 1 aromatic rings. The fraction of sp³-hybridized carbons (Fsp3) is 0.619. The second kappa shape index (κ2) is 13.3. The number of hydrogen-bond acceptors (Lipinski definition) is 3. The number of aryl methyl sites for hydroxylation is 1. The fourth-order valence-corrected chi connectivity index (χ4v) is 4.05. The maximum atomic E-state index is 12.4. The molecule has 1 aliphatic heterocycles. The summed E-state index contributed by atoms with van der Waals surface area (Å²) in [4.78, 5) is 20.4. The highest BCUT2D eigenvalue weighted by molar-refractivity contribution is 14.0. The van der Waals surface area contributed by atoms with Crippen LogP contribution in [0.5, 0.6) is 0 Å². The third-order valence-electron chi connectivity index (χ3n) is 4.84. The molecule has 0 spiro atoms. The maximum absolute atomic E-state index is 12.4. The van der Waals surface area contributed by atoms with Crippen molar-refractivity contribution in [3.8, 4) is 0 Å². The number of thioether (sulfide) groups is 1. The van der Waals surface area contributed by atoms with Gasteiger partial charge in [0.05, 0.1) is 6.54 Å². The van der Waals surface area contributed by atoms with Gasteiger partial charge in [0.25, 0.3) is 0 Å². The van der Waals surface area contributed by atoms with Gasteiger partial charge in [-0.25, -0.2) is 4.99 Å². The molecule has 2 rings (SSSR count). The van der Waals surface area contributed by atoms with Crippen LogP contribution in [-0.2, 0) is 11.3 Å².